The molecule has 3 heteroatoms. The van der Waals surface area contributed by atoms with Crippen molar-refractivity contribution in [2.24, 2.45) is 11.8 Å². The van der Waals surface area contributed by atoms with Gasteiger partial charge in [-0.25, -0.2) is 0 Å². The molecule has 1 aromatic rings. The Morgan fingerprint density at radius 1 is 1.10 bits per heavy atom. The van der Waals surface area contributed by atoms with E-state index in [0.29, 0.717) is 24.5 Å². The lowest BCUT2D eigenvalue weighted by Crippen LogP contribution is -2.52. The zero-order chi connectivity index (χ0) is 14.3. The van der Waals surface area contributed by atoms with Crippen LogP contribution in [-0.2, 0) is 10.3 Å². The van der Waals surface area contributed by atoms with Gasteiger partial charge in [0.25, 0.3) is 0 Å². The number of ether oxygens (including phenoxy) is 1. The van der Waals surface area contributed by atoms with E-state index in [1.807, 2.05) is 30.3 Å². The molecule has 0 aromatic heterocycles. The number of aliphatic hydroxyl groups is 1. The largest absolute Gasteiger partial charge is 0.382 e. The van der Waals surface area contributed by atoms with Gasteiger partial charge in [-0.2, -0.15) is 0 Å². The highest BCUT2D eigenvalue weighted by molar-refractivity contribution is 5.25. The molecule has 3 nitrogen and oxygen atoms in total. The number of rotatable bonds is 5. The smallest absolute Gasteiger partial charge is 0.116 e. The summed E-state index contributed by atoms with van der Waals surface area (Å²) in [5, 5.41) is 11.2. The fourth-order valence-electron chi connectivity index (χ4n) is 4.06. The number of benzene rings is 1. The molecule has 2 unspecified atom stereocenters. The minimum atomic E-state index is -0.784. The molecule has 1 aromatic carbocycles. The molecule has 2 bridgehead atoms. The molecule has 4 aliphatic rings. The minimum Gasteiger partial charge on any atom is -0.382 e. The van der Waals surface area contributed by atoms with Crippen LogP contribution in [0.15, 0.2) is 30.3 Å². The van der Waals surface area contributed by atoms with Gasteiger partial charge in [0, 0.05) is 6.54 Å². The first-order chi connectivity index (χ1) is 10.3. The predicted molar refractivity (Wildman–Crippen MR) is 82.0 cm³/mol. The van der Waals surface area contributed by atoms with Gasteiger partial charge in [-0.3, -0.25) is 0 Å². The summed E-state index contributed by atoms with van der Waals surface area (Å²) in [4.78, 5) is 2.50. The number of nitrogens with zero attached hydrogens (tertiary/aromatic N) is 1. The van der Waals surface area contributed by atoms with Gasteiger partial charge in [0.2, 0.25) is 0 Å². The molecule has 3 heterocycles. The Labute approximate surface area is 126 Å². The van der Waals surface area contributed by atoms with Crippen molar-refractivity contribution in [1.29, 1.82) is 0 Å². The highest BCUT2D eigenvalue weighted by Gasteiger charge is 2.46. The van der Waals surface area contributed by atoms with Crippen LogP contribution in [0.4, 0.5) is 0 Å². The van der Waals surface area contributed by atoms with Gasteiger partial charge in [0.15, 0.2) is 0 Å². The van der Waals surface area contributed by atoms with E-state index in [0.717, 1.165) is 24.9 Å². The molecule has 5 rings (SSSR count). The molecule has 2 atom stereocenters. The quantitative estimate of drug-likeness (QED) is 0.902. The summed E-state index contributed by atoms with van der Waals surface area (Å²) in [5.41, 5.74) is 0.238. The third-order valence-electron chi connectivity index (χ3n) is 5.64. The van der Waals surface area contributed by atoms with Crippen LogP contribution < -0.4 is 0 Å². The normalized spacial score (nSPS) is 34.6. The van der Waals surface area contributed by atoms with Gasteiger partial charge < -0.3 is 14.7 Å². The fourth-order valence-corrected chi connectivity index (χ4v) is 4.06. The van der Waals surface area contributed by atoms with E-state index in [-0.39, 0.29) is 0 Å². The Bertz CT molecular complexity index is 479. The lowest BCUT2D eigenvalue weighted by atomic mass is 9.85. The zero-order valence-electron chi connectivity index (χ0n) is 12.6. The molecule has 1 saturated carbocycles. The van der Waals surface area contributed by atoms with Crippen LogP contribution in [0.25, 0.3) is 0 Å². The van der Waals surface area contributed by atoms with Crippen molar-refractivity contribution in [3.63, 3.8) is 0 Å². The van der Waals surface area contributed by atoms with E-state index in [2.05, 4.69) is 4.90 Å². The molecule has 4 fully saturated rings. The Morgan fingerprint density at radius 2 is 1.81 bits per heavy atom. The average molecular weight is 287 g/mol. The Morgan fingerprint density at radius 3 is 2.38 bits per heavy atom. The molecule has 21 heavy (non-hydrogen) atoms. The van der Waals surface area contributed by atoms with E-state index in [9.17, 15) is 5.11 Å². The van der Waals surface area contributed by atoms with Crippen LogP contribution in [-0.4, -0.2) is 42.4 Å². The van der Waals surface area contributed by atoms with Gasteiger partial charge in [0.05, 0.1) is 12.7 Å². The van der Waals surface area contributed by atoms with Crippen molar-refractivity contribution < 1.29 is 9.84 Å². The molecule has 0 spiro atoms. The lowest BCUT2D eigenvalue weighted by molar-refractivity contribution is -0.132. The fraction of sp³-hybridized carbons (Fsp3) is 0.667. The molecule has 1 aliphatic carbocycles. The summed E-state index contributed by atoms with van der Waals surface area (Å²) < 4.78 is 6.25. The summed E-state index contributed by atoms with van der Waals surface area (Å²) in [6.07, 6.45) is 5.08. The monoisotopic (exact) mass is 287 g/mol. The number of fused-ring (bicyclic) bond motifs is 3. The lowest BCUT2D eigenvalue weighted by Gasteiger charge is -2.45. The molecule has 0 amide bonds. The number of hydrogen-bond donors (Lipinski definition) is 1. The van der Waals surface area contributed by atoms with Crippen LogP contribution in [0.3, 0.4) is 0 Å². The Hall–Kier alpha value is -0.900. The van der Waals surface area contributed by atoms with Gasteiger partial charge in [-0.05, 0) is 56.2 Å². The molecular formula is C18H25NO2. The Kier molecular flexibility index (Phi) is 3.52. The van der Waals surface area contributed by atoms with Crippen molar-refractivity contribution >= 4 is 0 Å². The highest BCUT2D eigenvalue weighted by atomic mass is 16.5. The maximum absolute atomic E-state index is 11.2. The van der Waals surface area contributed by atoms with E-state index in [4.69, 9.17) is 4.74 Å². The number of hydrogen-bond acceptors (Lipinski definition) is 3. The first kappa shape index (κ1) is 13.7. The van der Waals surface area contributed by atoms with Crippen LogP contribution in [0.5, 0.6) is 0 Å². The van der Waals surface area contributed by atoms with Crippen LogP contribution in [0.1, 0.15) is 31.2 Å². The first-order valence-electron chi connectivity index (χ1n) is 8.37. The second-order valence-electron chi connectivity index (χ2n) is 7.05. The summed E-state index contributed by atoms with van der Waals surface area (Å²) in [6.45, 7) is 3.98. The van der Waals surface area contributed by atoms with Crippen LogP contribution in [0, 0.1) is 11.8 Å². The highest BCUT2D eigenvalue weighted by Crippen LogP contribution is 2.46. The first-order valence-corrected chi connectivity index (χ1v) is 8.37. The standard InChI is InChI=1S/C18H25NO2/c20-18(16-6-7-16,15-4-2-1-3-5-15)13-21-17-12-19-10-8-14(17)9-11-19/h1-5,14,16-17,20H,6-13H2. The van der Waals surface area contributed by atoms with Crippen molar-refractivity contribution in [3.05, 3.63) is 35.9 Å². The minimum absolute atomic E-state index is 0.321. The molecule has 0 radical (unpaired) electrons. The molecule has 3 aliphatic heterocycles. The summed E-state index contributed by atoms with van der Waals surface area (Å²) in [5.74, 6) is 1.08. The second kappa shape index (κ2) is 5.38. The van der Waals surface area contributed by atoms with Gasteiger partial charge in [-0.15, -0.1) is 0 Å². The molecule has 3 saturated heterocycles. The molecule has 114 valence electrons. The zero-order valence-corrected chi connectivity index (χ0v) is 12.6. The summed E-state index contributed by atoms with van der Waals surface area (Å²) in [7, 11) is 0. The summed E-state index contributed by atoms with van der Waals surface area (Å²) in [6, 6.07) is 10.1. The van der Waals surface area contributed by atoms with Crippen molar-refractivity contribution in [3.8, 4) is 0 Å². The predicted octanol–water partition coefficient (Wildman–Crippen LogP) is 2.40. The molecule has 1 N–H and O–H groups in total. The molecular weight excluding hydrogens is 262 g/mol. The van der Waals surface area contributed by atoms with E-state index < -0.39 is 5.60 Å². The van der Waals surface area contributed by atoms with Crippen LogP contribution in [0.2, 0.25) is 0 Å². The van der Waals surface area contributed by atoms with Crippen molar-refractivity contribution in [2.45, 2.75) is 37.4 Å². The van der Waals surface area contributed by atoms with E-state index in [1.54, 1.807) is 0 Å². The second-order valence-corrected chi connectivity index (χ2v) is 7.05. The third kappa shape index (κ3) is 2.63. The van der Waals surface area contributed by atoms with E-state index >= 15 is 0 Å². The maximum atomic E-state index is 11.2. The van der Waals surface area contributed by atoms with E-state index in [1.165, 1.54) is 25.9 Å². The van der Waals surface area contributed by atoms with Crippen molar-refractivity contribution in [2.75, 3.05) is 26.2 Å². The maximum Gasteiger partial charge on any atom is 0.116 e. The summed E-state index contributed by atoms with van der Waals surface area (Å²) >= 11 is 0. The van der Waals surface area contributed by atoms with Gasteiger partial charge >= 0.3 is 0 Å². The van der Waals surface area contributed by atoms with Gasteiger partial charge in [-0.1, -0.05) is 30.3 Å². The van der Waals surface area contributed by atoms with Crippen LogP contribution >= 0.6 is 0 Å². The Balaban J connectivity index is 1.46. The van der Waals surface area contributed by atoms with Gasteiger partial charge in [0.1, 0.15) is 5.60 Å². The van der Waals surface area contributed by atoms with Crippen molar-refractivity contribution in [1.82, 2.24) is 4.90 Å². The third-order valence-corrected chi connectivity index (χ3v) is 5.64. The number of piperidine rings is 3. The SMILES string of the molecule is OC(COC1CN2CCC1CC2)(c1ccccc1)C1CC1. The topological polar surface area (TPSA) is 32.7 Å². The average Bonchev–Trinajstić information content (AvgIpc) is 3.40.